The molecule has 0 aliphatic heterocycles. The van der Waals surface area contributed by atoms with Crippen molar-refractivity contribution in [1.82, 2.24) is 14.9 Å². The molecule has 3 rings (SSSR count). The van der Waals surface area contributed by atoms with Crippen molar-refractivity contribution in [3.05, 3.63) is 48.3 Å². The molecular formula is C18H17F3N4O3. The van der Waals surface area contributed by atoms with E-state index in [9.17, 15) is 18.0 Å². The van der Waals surface area contributed by atoms with Gasteiger partial charge in [0.15, 0.2) is 0 Å². The highest BCUT2D eigenvalue weighted by Crippen LogP contribution is 2.29. The number of benzene rings is 2. The molecule has 0 radical (unpaired) electrons. The second-order valence-electron chi connectivity index (χ2n) is 5.93. The lowest BCUT2D eigenvalue weighted by Crippen LogP contribution is -2.28. The monoisotopic (exact) mass is 394 g/mol. The first-order valence-electron chi connectivity index (χ1n) is 8.19. The standard InChI is InChI=1S/C18H17F3N4O3/c1-25-15-8-13(6-7-14(15)24-17(25)10-23-9-16(22)26)27-11-2-4-12(5-3-11)28-18(19,20)21/h2-8,23H,9-10H2,1H3,(H2,22,26). The number of hydrogen-bond donors (Lipinski definition) is 2. The lowest BCUT2D eigenvalue weighted by atomic mass is 10.3. The second kappa shape index (κ2) is 7.77. The molecule has 0 aliphatic rings. The molecule has 0 aliphatic carbocycles. The molecule has 3 aromatic rings. The van der Waals surface area contributed by atoms with Crippen molar-refractivity contribution in [3.63, 3.8) is 0 Å². The number of nitrogens with two attached hydrogens (primary N) is 1. The number of alkyl halides is 3. The maximum Gasteiger partial charge on any atom is 0.573 e. The number of nitrogens with one attached hydrogen (secondary N) is 1. The van der Waals surface area contributed by atoms with Crippen molar-refractivity contribution in [1.29, 1.82) is 0 Å². The van der Waals surface area contributed by atoms with E-state index in [1.807, 2.05) is 11.6 Å². The number of fused-ring (bicyclic) bond motifs is 1. The zero-order chi connectivity index (χ0) is 20.3. The van der Waals surface area contributed by atoms with E-state index in [0.717, 1.165) is 11.0 Å². The summed E-state index contributed by atoms with van der Waals surface area (Å²) in [5, 5.41) is 2.90. The molecule has 1 aromatic heterocycles. The first-order chi connectivity index (χ1) is 13.2. The van der Waals surface area contributed by atoms with Gasteiger partial charge >= 0.3 is 6.36 Å². The third-order valence-corrected chi connectivity index (χ3v) is 3.82. The van der Waals surface area contributed by atoms with Gasteiger partial charge in [-0.1, -0.05) is 0 Å². The summed E-state index contributed by atoms with van der Waals surface area (Å²) in [4.78, 5) is 15.3. The molecule has 3 N–H and O–H groups in total. The summed E-state index contributed by atoms with van der Waals surface area (Å²) in [5.74, 6) is 0.786. The van der Waals surface area contributed by atoms with Crippen LogP contribution < -0.4 is 20.5 Å². The molecule has 7 nitrogen and oxygen atoms in total. The fourth-order valence-corrected chi connectivity index (χ4v) is 2.58. The third kappa shape index (κ3) is 4.92. The summed E-state index contributed by atoms with van der Waals surface area (Å²) in [5.41, 5.74) is 6.63. The van der Waals surface area contributed by atoms with E-state index < -0.39 is 12.3 Å². The van der Waals surface area contributed by atoms with Gasteiger partial charge in [-0.25, -0.2) is 4.98 Å². The van der Waals surface area contributed by atoms with Gasteiger partial charge in [-0.2, -0.15) is 0 Å². The number of aryl methyl sites for hydroxylation is 1. The van der Waals surface area contributed by atoms with Gasteiger partial charge in [0.1, 0.15) is 23.1 Å². The number of carbonyl (C=O) groups excluding carboxylic acids is 1. The first-order valence-corrected chi connectivity index (χ1v) is 8.19. The average Bonchev–Trinajstić information content (AvgIpc) is 2.91. The van der Waals surface area contributed by atoms with Crippen molar-refractivity contribution in [2.24, 2.45) is 12.8 Å². The van der Waals surface area contributed by atoms with Crippen molar-refractivity contribution < 1.29 is 27.4 Å². The van der Waals surface area contributed by atoms with Gasteiger partial charge < -0.3 is 25.1 Å². The van der Waals surface area contributed by atoms with E-state index in [4.69, 9.17) is 10.5 Å². The number of amides is 1. The van der Waals surface area contributed by atoms with Crippen LogP contribution in [0.5, 0.6) is 17.2 Å². The van der Waals surface area contributed by atoms with Gasteiger partial charge in [-0.05, 0) is 36.4 Å². The minimum absolute atomic E-state index is 0.0472. The van der Waals surface area contributed by atoms with Gasteiger partial charge in [-0.15, -0.1) is 13.2 Å². The summed E-state index contributed by atoms with van der Waals surface area (Å²) in [6.45, 7) is 0.413. The Morgan fingerprint density at radius 3 is 2.43 bits per heavy atom. The zero-order valence-electron chi connectivity index (χ0n) is 14.8. The van der Waals surface area contributed by atoms with Gasteiger partial charge in [0.25, 0.3) is 0 Å². The highest BCUT2D eigenvalue weighted by molar-refractivity contribution is 5.78. The number of carbonyl (C=O) groups is 1. The van der Waals surface area contributed by atoms with Crippen LogP contribution in [0.2, 0.25) is 0 Å². The Morgan fingerprint density at radius 1 is 1.14 bits per heavy atom. The molecule has 0 saturated heterocycles. The molecule has 10 heteroatoms. The van der Waals surface area contributed by atoms with Crippen LogP contribution in [0.4, 0.5) is 13.2 Å². The first kappa shape index (κ1) is 19.5. The van der Waals surface area contributed by atoms with Crippen LogP contribution in [0, 0.1) is 0 Å². The Labute approximate surface area is 157 Å². The van der Waals surface area contributed by atoms with Crippen LogP contribution in [0.3, 0.4) is 0 Å². The van der Waals surface area contributed by atoms with Crippen LogP contribution in [-0.2, 0) is 18.4 Å². The number of primary amides is 1. The van der Waals surface area contributed by atoms with Gasteiger partial charge in [0.2, 0.25) is 5.91 Å². The van der Waals surface area contributed by atoms with Crippen LogP contribution in [0.1, 0.15) is 5.82 Å². The van der Waals surface area contributed by atoms with Crippen LogP contribution in [0.15, 0.2) is 42.5 Å². The van der Waals surface area contributed by atoms with Gasteiger partial charge in [0, 0.05) is 13.1 Å². The van der Waals surface area contributed by atoms with Crippen molar-refractivity contribution in [2.75, 3.05) is 6.54 Å². The molecule has 0 atom stereocenters. The molecule has 1 amide bonds. The summed E-state index contributed by atoms with van der Waals surface area (Å²) >= 11 is 0. The predicted molar refractivity (Wildman–Crippen MR) is 94.8 cm³/mol. The van der Waals surface area contributed by atoms with E-state index in [-0.39, 0.29) is 12.3 Å². The van der Waals surface area contributed by atoms with Crippen molar-refractivity contribution in [3.8, 4) is 17.2 Å². The molecule has 28 heavy (non-hydrogen) atoms. The Kier molecular flexibility index (Phi) is 5.41. The van der Waals surface area contributed by atoms with E-state index in [0.29, 0.717) is 23.9 Å². The molecule has 0 bridgehead atoms. The summed E-state index contributed by atoms with van der Waals surface area (Å²) in [6.07, 6.45) is -4.74. The maximum absolute atomic E-state index is 12.2. The quantitative estimate of drug-likeness (QED) is 0.643. The van der Waals surface area contributed by atoms with Gasteiger partial charge in [-0.3, -0.25) is 4.79 Å². The number of hydrogen-bond acceptors (Lipinski definition) is 5. The van der Waals surface area contributed by atoms with Gasteiger partial charge in [0.05, 0.1) is 24.1 Å². The molecule has 148 valence electrons. The topological polar surface area (TPSA) is 91.4 Å². The molecule has 0 saturated carbocycles. The molecule has 0 unspecified atom stereocenters. The Bertz CT molecular complexity index is 984. The Hall–Kier alpha value is -3.27. The lowest BCUT2D eigenvalue weighted by molar-refractivity contribution is -0.274. The SMILES string of the molecule is Cn1c(CNCC(N)=O)nc2ccc(Oc3ccc(OC(F)(F)F)cc3)cc21. The predicted octanol–water partition coefficient (Wildman–Crippen LogP) is 2.84. The largest absolute Gasteiger partial charge is 0.573 e. The molecule has 0 spiro atoms. The van der Waals surface area contributed by atoms with E-state index in [1.165, 1.54) is 24.3 Å². The summed E-state index contributed by atoms with van der Waals surface area (Å²) in [6, 6.07) is 10.3. The van der Waals surface area contributed by atoms with E-state index in [1.54, 1.807) is 18.2 Å². The fraction of sp³-hybridized carbons (Fsp3) is 0.222. The summed E-state index contributed by atoms with van der Waals surface area (Å²) in [7, 11) is 1.82. The maximum atomic E-state index is 12.2. The fourth-order valence-electron chi connectivity index (χ4n) is 2.58. The van der Waals surface area contributed by atoms with Crippen LogP contribution in [0.25, 0.3) is 11.0 Å². The zero-order valence-corrected chi connectivity index (χ0v) is 14.8. The van der Waals surface area contributed by atoms with Crippen LogP contribution >= 0.6 is 0 Å². The number of ether oxygens (including phenoxy) is 2. The second-order valence-corrected chi connectivity index (χ2v) is 5.93. The van der Waals surface area contributed by atoms with Crippen LogP contribution in [-0.4, -0.2) is 28.4 Å². The molecule has 1 heterocycles. The minimum atomic E-state index is -4.74. The average molecular weight is 394 g/mol. The highest BCUT2D eigenvalue weighted by Gasteiger charge is 2.31. The Balaban J connectivity index is 1.73. The Morgan fingerprint density at radius 2 is 1.79 bits per heavy atom. The normalized spacial score (nSPS) is 11.6. The number of imidazole rings is 1. The third-order valence-electron chi connectivity index (χ3n) is 3.82. The lowest BCUT2D eigenvalue weighted by Gasteiger charge is -2.10. The van der Waals surface area contributed by atoms with E-state index >= 15 is 0 Å². The van der Waals surface area contributed by atoms with E-state index in [2.05, 4.69) is 15.0 Å². The van der Waals surface area contributed by atoms with Crippen molar-refractivity contribution in [2.45, 2.75) is 12.9 Å². The number of halogens is 3. The molecule has 2 aromatic carbocycles. The molecule has 0 fully saturated rings. The van der Waals surface area contributed by atoms with Crippen molar-refractivity contribution >= 4 is 16.9 Å². The summed E-state index contributed by atoms with van der Waals surface area (Å²) < 4.78 is 48.0. The highest BCUT2D eigenvalue weighted by atomic mass is 19.4. The number of aromatic nitrogens is 2. The minimum Gasteiger partial charge on any atom is -0.457 e. The number of nitrogens with zero attached hydrogens (tertiary/aromatic N) is 2. The molecular weight excluding hydrogens is 377 g/mol. The smallest absolute Gasteiger partial charge is 0.457 e. The number of rotatable bonds is 7.